The van der Waals surface area contributed by atoms with Crippen LogP contribution in [-0.2, 0) is 6.61 Å². The van der Waals surface area contributed by atoms with Gasteiger partial charge in [0.05, 0.1) is 0 Å². The van der Waals surface area contributed by atoms with Crippen LogP contribution >= 0.6 is 0 Å². The van der Waals surface area contributed by atoms with E-state index < -0.39 is 0 Å². The van der Waals surface area contributed by atoms with Gasteiger partial charge in [-0.2, -0.15) is 10.1 Å². The molecule has 0 amide bonds. The molecule has 0 aliphatic carbocycles. The van der Waals surface area contributed by atoms with Crippen LogP contribution in [0, 0.1) is 0 Å². The Morgan fingerprint density at radius 1 is 1.26 bits per heavy atom. The van der Waals surface area contributed by atoms with Gasteiger partial charge in [-0.3, -0.25) is 5.10 Å². The van der Waals surface area contributed by atoms with Crippen molar-refractivity contribution in [1.29, 1.82) is 0 Å². The number of nitrogens with zero attached hydrogens (tertiary/aromatic N) is 3. The summed E-state index contributed by atoms with van der Waals surface area (Å²) in [7, 11) is 0. The highest BCUT2D eigenvalue weighted by Crippen LogP contribution is 2.17. The Hall–Kier alpha value is -2.83. The van der Waals surface area contributed by atoms with Gasteiger partial charge in [-0.25, -0.2) is 0 Å². The maximum Gasteiger partial charge on any atom is 0.276 e. The van der Waals surface area contributed by atoms with Crippen LogP contribution in [0.25, 0.3) is 11.6 Å². The average Bonchev–Trinajstić information content (AvgIpc) is 3.06. The molecule has 7 nitrogen and oxygen atoms in total. The summed E-state index contributed by atoms with van der Waals surface area (Å²) in [4.78, 5) is 4.18. The molecule has 0 saturated carbocycles. The number of aromatic amines is 1. The van der Waals surface area contributed by atoms with Gasteiger partial charge >= 0.3 is 0 Å². The number of anilines is 1. The molecule has 1 aromatic carbocycles. The summed E-state index contributed by atoms with van der Waals surface area (Å²) in [6.45, 7) is 0.233. The van der Waals surface area contributed by atoms with Crippen LogP contribution in [0.2, 0.25) is 0 Å². The molecule has 0 aliphatic rings. The normalized spacial score (nSPS) is 10.5. The number of rotatable bonds is 4. The Kier molecular flexibility index (Phi) is 2.85. The van der Waals surface area contributed by atoms with E-state index in [4.69, 9.17) is 15.0 Å². The molecule has 0 fully saturated rings. The fraction of sp³-hybridized carbons (Fsp3) is 0.0833. The number of H-pyrrole nitrogens is 1. The second kappa shape index (κ2) is 4.81. The van der Waals surface area contributed by atoms with Gasteiger partial charge in [0.15, 0.2) is 6.61 Å². The summed E-state index contributed by atoms with van der Waals surface area (Å²) >= 11 is 0. The highest BCUT2D eigenvalue weighted by molar-refractivity contribution is 5.51. The number of hydrogen-bond donors (Lipinski definition) is 2. The molecule has 0 bridgehead atoms. The van der Waals surface area contributed by atoms with Gasteiger partial charge in [0, 0.05) is 6.07 Å². The molecule has 0 unspecified atom stereocenters. The van der Waals surface area contributed by atoms with Crippen LogP contribution in [0.3, 0.4) is 0 Å². The van der Waals surface area contributed by atoms with E-state index in [0.29, 0.717) is 23.2 Å². The van der Waals surface area contributed by atoms with Crippen molar-refractivity contribution < 1.29 is 9.26 Å². The summed E-state index contributed by atoms with van der Waals surface area (Å²) < 4.78 is 10.6. The molecule has 3 rings (SSSR count). The molecule has 96 valence electrons. The number of benzene rings is 1. The minimum atomic E-state index is 0.233. The van der Waals surface area contributed by atoms with Crippen LogP contribution < -0.4 is 10.5 Å². The monoisotopic (exact) mass is 257 g/mol. The molecule has 0 aliphatic heterocycles. The number of hydrogen-bond acceptors (Lipinski definition) is 6. The molecule has 0 atom stereocenters. The van der Waals surface area contributed by atoms with Crippen molar-refractivity contribution in [3.05, 3.63) is 42.2 Å². The maximum atomic E-state index is 5.51. The van der Waals surface area contributed by atoms with Crippen molar-refractivity contribution in [3.63, 3.8) is 0 Å². The zero-order chi connectivity index (χ0) is 13.1. The third-order valence-electron chi connectivity index (χ3n) is 2.41. The van der Waals surface area contributed by atoms with E-state index in [1.165, 1.54) is 0 Å². The number of ether oxygens (including phenoxy) is 1. The summed E-state index contributed by atoms with van der Waals surface area (Å²) in [6, 6.07) is 11.0. The highest BCUT2D eigenvalue weighted by atomic mass is 16.5. The van der Waals surface area contributed by atoms with E-state index in [-0.39, 0.29) is 6.61 Å². The fourth-order valence-electron chi connectivity index (χ4n) is 1.53. The van der Waals surface area contributed by atoms with Crippen molar-refractivity contribution in [2.24, 2.45) is 0 Å². The largest absolute Gasteiger partial charge is 0.485 e. The summed E-state index contributed by atoms with van der Waals surface area (Å²) in [5, 5.41) is 10.3. The lowest BCUT2D eigenvalue weighted by Crippen LogP contribution is -1.97. The van der Waals surface area contributed by atoms with Crippen LogP contribution in [-0.4, -0.2) is 20.3 Å². The number of aromatic nitrogens is 4. The SMILES string of the molecule is Nc1cc(-c2nc(COc3ccccc3)no2)[nH]n1. The summed E-state index contributed by atoms with van der Waals surface area (Å²) in [6.07, 6.45) is 0. The molecule has 0 saturated heterocycles. The smallest absolute Gasteiger partial charge is 0.276 e. The first-order valence-electron chi connectivity index (χ1n) is 5.63. The van der Waals surface area contributed by atoms with Crippen LogP contribution in [0.5, 0.6) is 5.75 Å². The molecule has 7 heteroatoms. The van der Waals surface area contributed by atoms with Crippen molar-refractivity contribution in [2.45, 2.75) is 6.61 Å². The molecule has 2 heterocycles. The van der Waals surface area contributed by atoms with Gasteiger partial charge in [0.25, 0.3) is 5.89 Å². The minimum Gasteiger partial charge on any atom is -0.485 e. The van der Waals surface area contributed by atoms with Crippen molar-refractivity contribution in [2.75, 3.05) is 5.73 Å². The standard InChI is InChI=1S/C12H11N5O2/c13-10-6-9(15-16-10)12-14-11(17-19-12)7-18-8-4-2-1-3-5-8/h1-6H,7H2,(H3,13,15,16). The van der Waals surface area contributed by atoms with E-state index in [1.54, 1.807) is 6.07 Å². The Bertz CT molecular complexity index is 662. The molecular formula is C12H11N5O2. The van der Waals surface area contributed by atoms with Crippen LogP contribution in [0.1, 0.15) is 5.82 Å². The second-order valence-electron chi connectivity index (χ2n) is 3.82. The van der Waals surface area contributed by atoms with Gasteiger partial charge < -0.3 is 15.0 Å². The van der Waals surface area contributed by atoms with E-state index in [0.717, 1.165) is 5.75 Å². The second-order valence-corrected chi connectivity index (χ2v) is 3.82. The molecule has 3 N–H and O–H groups in total. The third-order valence-corrected chi connectivity index (χ3v) is 2.41. The van der Waals surface area contributed by atoms with Crippen molar-refractivity contribution in [3.8, 4) is 17.3 Å². The average molecular weight is 257 g/mol. The first-order chi connectivity index (χ1) is 9.31. The fourth-order valence-corrected chi connectivity index (χ4v) is 1.53. The molecule has 3 aromatic rings. The Balaban J connectivity index is 1.68. The molecule has 0 radical (unpaired) electrons. The van der Waals surface area contributed by atoms with E-state index in [9.17, 15) is 0 Å². The summed E-state index contributed by atoms with van der Waals surface area (Å²) in [5.74, 6) is 1.90. The highest BCUT2D eigenvalue weighted by Gasteiger charge is 2.11. The maximum absolute atomic E-state index is 5.51. The van der Waals surface area contributed by atoms with Gasteiger partial charge in [0.1, 0.15) is 17.3 Å². The number of nitrogens with two attached hydrogens (primary N) is 1. The van der Waals surface area contributed by atoms with Gasteiger partial charge in [-0.1, -0.05) is 23.4 Å². The van der Waals surface area contributed by atoms with Crippen LogP contribution in [0.15, 0.2) is 40.9 Å². The van der Waals surface area contributed by atoms with Crippen LogP contribution in [0.4, 0.5) is 5.82 Å². The lowest BCUT2D eigenvalue weighted by Gasteiger charge is -2.01. The Morgan fingerprint density at radius 2 is 2.11 bits per heavy atom. The van der Waals surface area contributed by atoms with E-state index in [2.05, 4.69) is 20.3 Å². The lowest BCUT2D eigenvalue weighted by atomic mass is 10.3. The third kappa shape index (κ3) is 2.54. The molecular weight excluding hydrogens is 246 g/mol. The van der Waals surface area contributed by atoms with E-state index in [1.807, 2.05) is 30.3 Å². The van der Waals surface area contributed by atoms with Gasteiger partial charge in [0.2, 0.25) is 5.82 Å². The molecule has 19 heavy (non-hydrogen) atoms. The predicted octanol–water partition coefficient (Wildman–Crippen LogP) is 1.62. The zero-order valence-electron chi connectivity index (χ0n) is 9.91. The van der Waals surface area contributed by atoms with Crippen molar-refractivity contribution in [1.82, 2.24) is 20.3 Å². The van der Waals surface area contributed by atoms with Gasteiger partial charge in [-0.05, 0) is 12.1 Å². The number of nitrogen functional groups attached to an aromatic ring is 1. The number of nitrogens with one attached hydrogen (secondary N) is 1. The number of para-hydroxylation sites is 1. The lowest BCUT2D eigenvalue weighted by molar-refractivity contribution is 0.287. The van der Waals surface area contributed by atoms with Crippen molar-refractivity contribution >= 4 is 5.82 Å². The summed E-state index contributed by atoms with van der Waals surface area (Å²) in [5.41, 5.74) is 6.08. The first kappa shape index (κ1) is 11.3. The predicted molar refractivity (Wildman–Crippen MR) is 67.1 cm³/mol. The zero-order valence-corrected chi connectivity index (χ0v) is 9.91. The van der Waals surface area contributed by atoms with E-state index >= 15 is 0 Å². The quantitative estimate of drug-likeness (QED) is 0.736. The topological polar surface area (TPSA) is 103 Å². The Morgan fingerprint density at radius 3 is 2.84 bits per heavy atom. The Labute approximate surface area is 108 Å². The molecule has 2 aromatic heterocycles. The first-order valence-corrected chi connectivity index (χ1v) is 5.63. The molecule has 0 spiro atoms. The minimum absolute atomic E-state index is 0.233. The van der Waals surface area contributed by atoms with Gasteiger partial charge in [-0.15, -0.1) is 0 Å².